The van der Waals surface area contributed by atoms with Gasteiger partial charge in [-0.15, -0.1) is 10.2 Å². The Labute approximate surface area is 157 Å². The van der Waals surface area contributed by atoms with Gasteiger partial charge in [0.2, 0.25) is 0 Å². The first-order chi connectivity index (χ1) is 13.2. The Morgan fingerprint density at radius 3 is 2.96 bits per heavy atom. The number of benzene rings is 1. The summed E-state index contributed by atoms with van der Waals surface area (Å²) in [5, 5.41) is 14.1. The molecular weight excluding hydrogens is 342 g/mol. The van der Waals surface area contributed by atoms with Crippen molar-refractivity contribution in [3.63, 3.8) is 0 Å². The van der Waals surface area contributed by atoms with Crippen molar-refractivity contribution in [3.8, 4) is 11.3 Å². The summed E-state index contributed by atoms with van der Waals surface area (Å²) in [6.07, 6.45) is 9.90. The van der Waals surface area contributed by atoms with Crippen molar-refractivity contribution in [3.05, 3.63) is 48.9 Å². The number of H-pyrrole nitrogens is 1. The predicted octanol–water partition coefficient (Wildman–Crippen LogP) is 3.67. The average Bonchev–Trinajstić information content (AvgIpc) is 3.43. The molecule has 140 valence electrons. The largest absolute Gasteiger partial charge is 0.345 e. The van der Waals surface area contributed by atoms with Crippen LogP contribution in [-0.4, -0.2) is 30.8 Å². The molecular formula is C19H23N7O. The summed E-state index contributed by atoms with van der Waals surface area (Å²) >= 11 is 0. The van der Waals surface area contributed by atoms with Crippen LogP contribution in [0.2, 0.25) is 0 Å². The first kappa shape index (κ1) is 17.3. The predicted molar refractivity (Wildman–Crippen MR) is 102 cm³/mol. The maximum Gasteiger partial charge on any atom is 0.319 e. The van der Waals surface area contributed by atoms with Gasteiger partial charge in [-0.25, -0.2) is 9.78 Å². The molecule has 4 rings (SSSR count). The molecule has 0 bridgehead atoms. The molecule has 8 nitrogen and oxygen atoms in total. The van der Waals surface area contributed by atoms with Crippen molar-refractivity contribution in [2.24, 2.45) is 0 Å². The summed E-state index contributed by atoms with van der Waals surface area (Å²) in [5.41, 5.74) is 2.57. The molecule has 2 heterocycles. The summed E-state index contributed by atoms with van der Waals surface area (Å²) in [5.74, 6) is 0.795. The van der Waals surface area contributed by atoms with Crippen LogP contribution in [0.1, 0.15) is 50.5 Å². The van der Waals surface area contributed by atoms with Gasteiger partial charge >= 0.3 is 6.03 Å². The highest BCUT2D eigenvalue weighted by molar-refractivity contribution is 5.90. The van der Waals surface area contributed by atoms with E-state index in [0.29, 0.717) is 11.7 Å². The molecule has 27 heavy (non-hydrogen) atoms. The van der Waals surface area contributed by atoms with Crippen LogP contribution in [-0.2, 0) is 0 Å². The van der Waals surface area contributed by atoms with Crippen molar-refractivity contribution in [2.75, 3.05) is 5.32 Å². The van der Waals surface area contributed by atoms with Crippen molar-refractivity contribution >= 4 is 11.7 Å². The zero-order valence-corrected chi connectivity index (χ0v) is 15.2. The first-order valence-corrected chi connectivity index (χ1v) is 9.26. The summed E-state index contributed by atoms with van der Waals surface area (Å²) < 4.78 is 2.11. The Kier molecular flexibility index (Phi) is 4.86. The van der Waals surface area contributed by atoms with E-state index in [4.69, 9.17) is 0 Å². The quantitative estimate of drug-likeness (QED) is 0.642. The van der Waals surface area contributed by atoms with Gasteiger partial charge < -0.3 is 20.2 Å². The molecule has 1 atom stereocenters. The lowest BCUT2D eigenvalue weighted by atomic mass is 10.1. The smallest absolute Gasteiger partial charge is 0.319 e. The highest BCUT2D eigenvalue weighted by atomic mass is 16.2. The number of carbonyl (C=O) groups is 1. The van der Waals surface area contributed by atoms with Crippen LogP contribution in [0.3, 0.4) is 0 Å². The second kappa shape index (κ2) is 7.61. The van der Waals surface area contributed by atoms with E-state index in [1.54, 1.807) is 18.9 Å². The zero-order chi connectivity index (χ0) is 18.6. The lowest BCUT2D eigenvalue weighted by Gasteiger charge is -2.19. The molecule has 1 saturated carbocycles. The topological polar surface area (TPSA) is 101 Å². The van der Waals surface area contributed by atoms with Crippen molar-refractivity contribution in [1.82, 2.24) is 30.0 Å². The van der Waals surface area contributed by atoms with Crippen molar-refractivity contribution in [2.45, 2.75) is 44.7 Å². The van der Waals surface area contributed by atoms with Crippen molar-refractivity contribution < 1.29 is 4.79 Å². The highest BCUT2D eigenvalue weighted by Gasteiger charge is 2.23. The lowest BCUT2D eigenvalue weighted by Crippen LogP contribution is -2.33. The van der Waals surface area contributed by atoms with Gasteiger partial charge in [0.05, 0.1) is 24.3 Å². The molecule has 2 amide bonds. The third-order valence-electron chi connectivity index (χ3n) is 4.98. The number of anilines is 1. The molecule has 8 heteroatoms. The third kappa shape index (κ3) is 3.84. The van der Waals surface area contributed by atoms with Gasteiger partial charge in [-0.3, -0.25) is 0 Å². The molecule has 3 aromatic rings. The molecule has 1 fully saturated rings. The average molecular weight is 365 g/mol. The second-order valence-electron chi connectivity index (χ2n) is 6.90. The Balaban J connectivity index is 1.41. The van der Waals surface area contributed by atoms with E-state index in [9.17, 15) is 4.79 Å². The molecule has 0 unspecified atom stereocenters. The number of rotatable bonds is 5. The minimum atomic E-state index is -0.273. The number of nitrogens with zero attached hydrogens (tertiary/aromatic N) is 4. The number of urea groups is 1. The maximum atomic E-state index is 12.4. The molecule has 1 aromatic carbocycles. The van der Waals surface area contributed by atoms with E-state index in [-0.39, 0.29) is 12.1 Å². The van der Waals surface area contributed by atoms with Gasteiger partial charge in [0.15, 0.2) is 5.82 Å². The molecule has 3 N–H and O–H groups in total. The van der Waals surface area contributed by atoms with Crippen LogP contribution in [0, 0.1) is 0 Å². The zero-order valence-electron chi connectivity index (χ0n) is 15.2. The van der Waals surface area contributed by atoms with E-state index in [2.05, 4.69) is 35.4 Å². The minimum Gasteiger partial charge on any atom is -0.345 e. The van der Waals surface area contributed by atoms with Crippen LogP contribution in [0.15, 0.2) is 43.1 Å². The van der Waals surface area contributed by atoms with Gasteiger partial charge in [0.1, 0.15) is 6.33 Å². The Morgan fingerprint density at radius 2 is 2.19 bits per heavy atom. The van der Waals surface area contributed by atoms with E-state index in [1.165, 1.54) is 12.8 Å². The van der Waals surface area contributed by atoms with E-state index in [0.717, 1.165) is 29.9 Å². The third-order valence-corrected chi connectivity index (χ3v) is 4.98. The monoisotopic (exact) mass is 365 g/mol. The van der Waals surface area contributed by atoms with E-state index in [1.807, 2.05) is 31.2 Å². The normalized spacial score (nSPS) is 15.6. The van der Waals surface area contributed by atoms with Gasteiger partial charge in [0, 0.05) is 17.3 Å². The highest BCUT2D eigenvalue weighted by Crippen LogP contribution is 2.31. The van der Waals surface area contributed by atoms with Gasteiger partial charge in [0.25, 0.3) is 0 Å². The molecule has 0 radical (unpaired) electrons. The van der Waals surface area contributed by atoms with Gasteiger partial charge in [-0.05, 0) is 31.9 Å². The van der Waals surface area contributed by atoms with Crippen LogP contribution in [0.25, 0.3) is 11.3 Å². The van der Waals surface area contributed by atoms with Crippen molar-refractivity contribution in [1.29, 1.82) is 0 Å². The van der Waals surface area contributed by atoms with E-state index < -0.39 is 0 Å². The van der Waals surface area contributed by atoms with Crippen LogP contribution >= 0.6 is 0 Å². The number of aromatic amines is 1. The second-order valence-corrected chi connectivity index (χ2v) is 6.90. The molecule has 2 aromatic heterocycles. The van der Waals surface area contributed by atoms with Crippen LogP contribution in [0.4, 0.5) is 10.5 Å². The summed E-state index contributed by atoms with van der Waals surface area (Å²) in [4.78, 5) is 19.5. The van der Waals surface area contributed by atoms with Gasteiger partial charge in [-0.2, -0.15) is 0 Å². The maximum absolute atomic E-state index is 12.4. The molecule has 0 saturated heterocycles. The summed E-state index contributed by atoms with van der Waals surface area (Å²) in [6, 6.07) is 7.54. The van der Waals surface area contributed by atoms with Gasteiger partial charge in [-0.1, -0.05) is 25.0 Å². The lowest BCUT2D eigenvalue weighted by molar-refractivity contribution is 0.248. The molecule has 1 aliphatic carbocycles. The Hall–Kier alpha value is -3.16. The number of hydrogen-bond acceptors (Lipinski definition) is 4. The number of nitrogens with one attached hydrogen (secondary N) is 3. The molecule has 1 aliphatic rings. The number of carbonyl (C=O) groups excluding carboxylic acids is 1. The number of amides is 2. The SMILES string of the molecule is C[C@H](NC(=O)Nc1cccc(-c2cnc[nH]2)c1)c1nncn1C1CCCC1. The fraction of sp³-hybridized carbons (Fsp3) is 0.368. The first-order valence-electron chi connectivity index (χ1n) is 9.26. The fourth-order valence-corrected chi connectivity index (χ4v) is 3.63. The standard InChI is InChI=1S/C19H23N7O/c1-13(18-25-22-12-26(18)16-7-2-3-8-16)23-19(27)24-15-6-4-5-14(9-15)17-10-20-11-21-17/h4-6,9-13,16H,2-3,7-8H2,1H3,(H,20,21)(H2,23,24,27)/t13-/m0/s1. The molecule has 0 aliphatic heterocycles. The van der Waals surface area contributed by atoms with Crippen LogP contribution < -0.4 is 10.6 Å². The molecule has 0 spiro atoms. The number of aromatic nitrogens is 5. The fourth-order valence-electron chi connectivity index (χ4n) is 3.63. The Bertz CT molecular complexity index is 896. The van der Waals surface area contributed by atoms with Crippen LogP contribution in [0.5, 0.6) is 0 Å². The summed E-state index contributed by atoms with van der Waals surface area (Å²) in [6.45, 7) is 1.93. The summed E-state index contributed by atoms with van der Waals surface area (Å²) in [7, 11) is 0. The number of hydrogen-bond donors (Lipinski definition) is 3. The van der Waals surface area contributed by atoms with E-state index >= 15 is 0 Å². The minimum absolute atomic E-state index is 0.233. The number of imidazole rings is 1. The Morgan fingerprint density at radius 1 is 1.33 bits per heavy atom.